The van der Waals surface area contributed by atoms with E-state index >= 15 is 9.59 Å². The highest BCUT2D eigenvalue weighted by molar-refractivity contribution is 6.74. The van der Waals surface area contributed by atoms with Crippen molar-refractivity contribution in [2.24, 2.45) is 11.8 Å². The molecule has 54 heavy (non-hydrogen) atoms. The van der Waals surface area contributed by atoms with Crippen molar-refractivity contribution >= 4 is 37.2 Å². The third-order valence-corrected chi connectivity index (χ3v) is 16.3. The average molecular weight is 772 g/mol. The lowest BCUT2D eigenvalue weighted by Crippen LogP contribution is -2.68. The fraction of sp³-hybridized carbons (Fsp3) is 0.415. The van der Waals surface area contributed by atoms with Crippen LogP contribution in [0.2, 0.25) is 23.3 Å². The first kappa shape index (κ1) is 38.0. The topological polar surface area (TPSA) is 144 Å². The Morgan fingerprint density at radius 1 is 0.963 bits per heavy atom. The number of aromatic nitrogens is 2. The van der Waals surface area contributed by atoms with E-state index < -0.39 is 55.0 Å². The van der Waals surface area contributed by atoms with Gasteiger partial charge in [-0.15, -0.1) is 0 Å². The minimum atomic E-state index is -2.93. The number of hydrogen-bond acceptors (Lipinski definition) is 11. The summed E-state index contributed by atoms with van der Waals surface area (Å²) in [5, 5.41) is 26.7. The number of carbonyl (C=O) groups excluding carboxylic acids is 2. The zero-order valence-corrected chi connectivity index (χ0v) is 33.4. The summed E-state index contributed by atoms with van der Waals surface area (Å²) < 4.78 is 25.6. The van der Waals surface area contributed by atoms with Crippen molar-refractivity contribution in [3.63, 3.8) is 0 Å². The van der Waals surface area contributed by atoms with Crippen molar-refractivity contribution in [3.05, 3.63) is 111 Å². The lowest BCUT2D eigenvalue weighted by Gasteiger charge is -2.55. The Morgan fingerprint density at radius 2 is 1.57 bits per heavy atom. The molecule has 2 N–H and O–H groups in total. The van der Waals surface area contributed by atoms with Crippen LogP contribution in [0.3, 0.4) is 0 Å². The van der Waals surface area contributed by atoms with Crippen molar-refractivity contribution in [3.8, 4) is 11.6 Å². The Balaban J connectivity index is 1.42. The van der Waals surface area contributed by atoms with E-state index in [0.29, 0.717) is 11.3 Å². The van der Waals surface area contributed by atoms with Crippen LogP contribution >= 0.6 is 11.6 Å². The summed E-state index contributed by atoms with van der Waals surface area (Å²) in [5.74, 6) is -2.47. The standard InChI is InChI=1S/C41H46ClN3O8Si/c1-40(2,3)54(6,7)53-41-27(32(45(4)5)35-31(37(41)49)39(44-52-35)51-22-24-16-12-9-13-17-24)19-25-18-26-30(33(47)29(25)36(41)48)34(28(20-46)43-38(26)42)50-21-23-14-10-8-11-15-23/h8-17,25,27,32,46-47H,18-22H2,1-7H3/t25-,27-,32-,41-/m0/s1. The fourth-order valence-electron chi connectivity index (χ4n) is 7.89. The Labute approximate surface area is 321 Å². The Morgan fingerprint density at radius 3 is 2.15 bits per heavy atom. The molecule has 0 bridgehead atoms. The van der Waals surface area contributed by atoms with E-state index in [1.807, 2.05) is 114 Å². The van der Waals surface area contributed by atoms with Gasteiger partial charge in [-0.3, -0.25) is 14.5 Å². The van der Waals surface area contributed by atoms with Gasteiger partial charge in [0.2, 0.25) is 11.6 Å². The SMILES string of the molecule is CN(C)[C@@H]1c2onc(OCc3ccccc3)c2C(=O)[C@@]2(O[Si](C)(C)C(C)(C)C)C(=O)C3=C(O)c4c(c(Cl)nc(CO)c4OCc4ccccc4)C[C@H]3C[C@@H]12. The first-order chi connectivity index (χ1) is 25.6. The predicted octanol–water partition coefficient (Wildman–Crippen LogP) is 7.66. The molecule has 2 heterocycles. The van der Waals surface area contributed by atoms with Crippen molar-refractivity contribution in [2.45, 2.75) is 83.2 Å². The second-order valence-corrected chi connectivity index (χ2v) is 21.2. The van der Waals surface area contributed by atoms with Crippen molar-refractivity contribution in [2.75, 3.05) is 14.1 Å². The zero-order valence-electron chi connectivity index (χ0n) is 31.6. The second-order valence-electron chi connectivity index (χ2n) is 16.1. The van der Waals surface area contributed by atoms with Gasteiger partial charge in [0.1, 0.15) is 35.4 Å². The van der Waals surface area contributed by atoms with Gasteiger partial charge in [0, 0.05) is 17.1 Å². The first-order valence-corrected chi connectivity index (χ1v) is 21.4. The molecule has 13 heteroatoms. The van der Waals surface area contributed by atoms with Gasteiger partial charge in [-0.2, -0.15) is 0 Å². The number of carbonyl (C=O) groups is 2. The highest BCUT2D eigenvalue weighted by atomic mass is 35.5. The molecule has 0 amide bonds. The maximum atomic E-state index is 15.7. The number of nitrogens with zero attached hydrogens (tertiary/aromatic N) is 3. The minimum absolute atomic E-state index is 0.0217. The lowest BCUT2D eigenvalue weighted by atomic mass is 9.57. The summed E-state index contributed by atoms with van der Waals surface area (Å²) in [6.45, 7) is 9.85. The minimum Gasteiger partial charge on any atom is -0.507 e. The molecule has 3 aliphatic rings. The summed E-state index contributed by atoms with van der Waals surface area (Å²) in [7, 11) is 0.806. The van der Waals surface area contributed by atoms with E-state index in [9.17, 15) is 10.2 Å². The molecule has 2 aromatic heterocycles. The maximum absolute atomic E-state index is 15.7. The molecular weight excluding hydrogens is 726 g/mol. The van der Waals surface area contributed by atoms with Gasteiger partial charge in [-0.1, -0.05) is 93.0 Å². The molecule has 7 rings (SSSR count). The molecule has 0 radical (unpaired) electrons. The Bertz CT molecular complexity index is 2130. The molecule has 284 valence electrons. The van der Waals surface area contributed by atoms with E-state index in [-0.39, 0.29) is 71.0 Å². The number of rotatable bonds is 10. The maximum Gasteiger partial charge on any atom is 0.265 e. The van der Waals surface area contributed by atoms with Gasteiger partial charge in [0.25, 0.3) is 5.88 Å². The molecule has 0 unspecified atom stereocenters. The summed E-state index contributed by atoms with van der Waals surface area (Å²) in [6.07, 6.45) is 0.502. The van der Waals surface area contributed by atoms with Crippen LogP contribution in [0.25, 0.3) is 5.76 Å². The average Bonchev–Trinajstić information content (AvgIpc) is 3.55. The van der Waals surface area contributed by atoms with Crippen molar-refractivity contribution in [1.82, 2.24) is 15.0 Å². The number of fused-ring (bicyclic) bond motifs is 4. The third kappa shape index (κ3) is 6.17. The van der Waals surface area contributed by atoms with Gasteiger partial charge in [0.15, 0.2) is 25.4 Å². The zero-order chi connectivity index (χ0) is 38.7. The van der Waals surface area contributed by atoms with E-state index in [4.69, 9.17) is 30.0 Å². The van der Waals surface area contributed by atoms with Crippen LogP contribution in [0.15, 0.2) is 70.8 Å². The monoisotopic (exact) mass is 771 g/mol. The fourth-order valence-corrected chi connectivity index (χ4v) is 9.62. The van der Waals surface area contributed by atoms with Crippen LogP contribution in [0.1, 0.15) is 77.3 Å². The summed E-state index contributed by atoms with van der Waals surface area (Å²) in [5.41, 5.74) is 0.566. The molecule has 4 aromatic rings. The van der Waals surface area contributed by atoms with Crippen LogP contribution in [-0.2, 0) is 35.5 Å². The van der Waals surface area contributed by atoms with Gasteiger partial charge in [0.05, 0.1) is 18.2 Å². The lowest BCUT2D eigenvalue weighted by molar-refractivity contribution is -0.140. The number of hydrogen-bond donors (Lipinski definition) is 2. The highest BCUT2D eigenvalue weighted by Gasteiger charge is 2.69. The largest absolute Gasteiger partial charge is 0.507 e. The number of ketones is 2. The number of aliphatic hydroxyl groups is 2. The summed E-state index contributed by atoms with van der Waals surface area (Å²) in [4.78, 5) is 37.5. The van der Waals surface area contributed by atoms with Crippen LogP contribution in [0, 0.1) is 11.8 Å². The molecule has 4 atom stereocenters. The third-order valence-electron chi connectivity index (χ3n) is 11.5. The molecule has 3 aliphatic carbocycles. The van der Waals surface area contributed by atoms with Gasteiger partial charge in [-0.05, 0) is 67.3 Å². The number of pyridine rings is 1. The van der Waals surface area contributed by atoms with Gasteiger partial charge < -0.3 is 28.6 Å². The predicted molar refractivity (Wildman–Crippen MR) is 205 cm³/mol. The molecule has 0 saturated heterocycles. The van der Waals surface area contributed by atoms with Gasteiger partial charge in [-0.25, -0.2) is 4.98 Å². The number of Topliss-reactive ketones (excluding diaryl/α,β-unsaturated/α-hetero) is 2. The summed E-state index contributed by atoms with van der Waals surface area (Å²) in [6, 6.07) is 18.3. The normalized spacial score (nSPS) is 22.4. The number of halogens is 1. The quantitative estimate of drug-likeness (QED) is 0.0932. The molecule has 11 nitrogen and oxygen atoms in total. The van der Waals surface area contributed by atoms with Crippen LogP contribution in [0.5, 0.6) is 11.6 Å². The summed E-state index contributed by atoms with van der Waals surface area (Å²) >= 11 is 6.78. The van der Waals surface area contributed by atoms with Gasteiger partial charge >= 0.3 is 0 Å². The van der Waals surface area contributed by atoms with Crippen LogP contribution < -0.4 is 9.47 Å². The van der Waals surface area contributed by atoms with Crippen molar-refractivity contribution < 1.29 is 38.2 Å². The molecule has 2 aromatic carbocycles. The molecule has 0 aliphatic heterocycles. The van der Waals surface area contributed by atoms with E-state index in [0.717, 1.165) is 11.1 Å². The highest BCUT2D eigenvalue weighted by Crippen LogP contribution is 2.59. The number of ether oxygens (including phenoxy) is 2. The van der Waals surface area contributed by atoms with Crippen molar-refractivity contribution in [1.29, 1.82) is 0 Å². The molecule has 0 spiro atoms. The number of benzene rings is 2. The number of aliphatic hydroxyl groups excluding tert-OH is 2. The Hall–Kier alpha value is -4.33. The van der Waals surface area contributed by atoms with E-state index in [1.165, 1.54) is 0 Å². The van der Waals surface area contributed by atoms with E-state index in [1.54, 1.807) is 0 Å². The molecule has 1 saturated carbocycles. The molecular formula is C41H46ClN3O8Si. The second kappa shape index (κ2) is 14.1. The Kier molecular flexibility index (Phi) is 9.89. The molecule has 1 fully saturated rings. The van der Waals surface area contributed by atoms with Crippen LogP contribution in [-0.4, -0.2) is 64.8 Å². The van der Waals surface area contributed by atoms with Crippen LogP contribution in [0.4, 0.5) is 0 Å². The van der Waals surface area contributed by atoms with E-state index in [2.05, 4.69) is 10.1 Å². The first-order valence-electron chi connectivity index (χ1n) is 18.2. The smallest absolute Gasteiger partial charge is 0.265 e.